The van der Waals surface area contributed by atoms with Gasteiger partial charge in [0, 0.05) is 40.7 Å². The van der Waals surface area contributed by atoms with Crippen molar-refractivity contribution in [2.45, 2.75) is 39.3 Å². The summed E-state index contributed by atoms with van der Waals surface area (Å²) < 4.78 is 5.28. The number of aryl methyl sites for hydroxylation is 3. The van der Waals surface area contributed by atoms with Crippen LogP contribution in [-0.2, 0) is 25.9 Å². The zero-order valence-electron chi connectivity index (χ0n) is 12.0. The highest BCUT2D eigenvalue weighted by molar-refractivity contribution is 7.12. The summed E-state index contributed by atoms with van der Waals surface area (Å²) in [5.41, 5.74) is 3.60. The van der Waals surface area contributed by atoms with E-state index in [1.54, 1.807) is 17.6 Å². The van der Waals surface area contributed by atoms with Crippen molar-refractivity contribution in [2.24, 2.45) is 0 Å². The first-order chi connectivity index (χ1) is 9.74. The predicted octanol–water partition coefficient (Wildman–Crippen LogP) is 3.24. The van der Waals surface area contributed by atoms with E-state index in [1.807, 2.05) is 30.4 Å². The number of hydrogen-bond donors (Lipinski definition) is 1. The van der Waals surface area contributed by atoms with Gasteiger partial charge in [-0.05, 0) is 37.8 Å². The van der Waals surface area contributed by atoms with Gasteiger partial charge < -0.3 is 10.1 Å². The van der Waals surface area contributed by atoms with Gasteiger partial charge in [-0.15, -0.1) is 11.3 Å². The lowest BCUT2D eigenvalue weighted by Crippen LogP contribution is -2.13. The number of thiophene rings is 1. The van der Waals surface area contributed by atoms with Crippen molar-refractivity contribution in [1.82, 2.24) is 10.3 Å². The van der Waals surface area contributed by atoms with Crippen molar-refractivity contribution >= 4 is 11.3 Å². The van der Waals surface area contributed by atoms with Crippen LogP contribution in [0.25, 0.3) is 0 Å². The standard InChI is InChI=1S/C16H20N2OS/c1-11-6-14(19-2)8-13(18-11)9-17-10-15-7-12-4-3-5-16(12)20-15/h6-8,17H,3-5,9-10H2,1-2H3. The lowest BCUT2D eigenvalue weighted by Gasteiger charge is -2.07. The molecule has 2 heterocycles. The summed E-state index contributed by atoms with van der Waals surface area (Å²) in [5.74, 6) is 0.879. The van der Waals surface area contributed by atoms with Crippen LogP contribution < -0.4 is 10.1 Å². The number of hydrogen-bond acceptors (Lipinski definition) is 4. The summed E-state index contributed by atoms with van der Waals surface area (Å²) in [4.78, 5) is 7.56. The highest BCUT2D eigenvalue weighted by atomic mass is 32.1. The van der Waals surface area contributed by atoms with Gasteiger partial charge >= 0.3 is 0 Å². The summed E-state index contributed by atoms with van der Waals surface area (Å²) >= 11 is 1.96. The van der Waals surface area contributed by atoms with Crippen LogP contribution in [-0.4, -0.2) is 12.1 Å². The second kappa shape index (κ2) is 5.94. The molecule has 0 amide bonds. The first kappa shape index (κ1) is 13.6. The van der Waals surface area contributed by atoms with Crippen LogP contribution in [0.5, 0.6) is 5.75 Å². The molecule has 0 atom stereocenters. The quantitative estimate of drug-likeness (QED) is 0.917. The van der Waals surface area contributed by atoms with Crippen molar-refractivity contribution in [3.8, 4) is 5.75 Å². The summed E-state index contributed by atoms with van der Waals surface area (Å²) in [6.07, 6.45) is 3.88. The second-order valence-corrected chi connectivity index (χ2v) is 6.48. The molecular weight excluding hydrogens is 268 g/mol. The Labute approximate surface area is 124 Å². The monoisotopic (exact) mass is 288 g/mol. The van der Waals surface area contributed by atoms with Crippen LogP contribution >= 0.6 is 11.3 Å². The van der Waals surface area contributed by atoms with E-state index in [0.717, 1.165) is 30.2 Å². The van der Waals surface area contributed by atoms with E-state index in [9.17, 15) is 0 Å². The van der Waals surface area contributed by atoms with Crippen molar-refractivity contribution in [3.63, 3.8) is 0 Å². The molecule has 0 fully saturated rings. The van der Waals surface area contributed by atoms with Crippen LogP contribution in [0.1, 0.15) is 33.1 Å². The zero-order chi connectivity index (χ0) is 13.9. The Morgan fingerprint density at radius 1 is 1.25 bits per heavy atom. The molecule has 2 aromatic rings. The van der Waals surface area contributed by atoms with E-state index in [4.69, 9.17) is 4.74 Å². The Kier molecular flexibility index (Phi) is 4.03. The highest BCUT2D eigenvalue weighted by Crippen LogP contribution is 2.30. The molecule has 0 saturated carbocycles. The highest BCUT2D eigenvalue weighted by Gasteiger charge is 2.14. The fraction of sp³-hybridized carbons (Fsp3) is 0.438. The Hall–Kier alpha value is -1.39. The first-order valence-corrected chi connectivity index (χ1v) is 7.89. The molecule has 3 rings (SSSR count). The largest absolute Gasteiger partial charge is 0.497 e. The maximum Gasteiger partial charge on any atom is 0.122 e. The zero-order valence-corrected chi connectivity index (χ0v) is 12.8. The van der Waals surface area contributed by atoms with Gasteiger partial charge in [-0.1, -0.05) is 0 Å². The van der Waals surface area contributed by atoms with E-state index in [-0.39, 0.29) is 0 Å². The number of rotatable bonds is 5. The van der Waals surface area contributed by atoms with Gasteiger partial charge in [0.05, 0.1) is 12.8 Å². The molecule has 4 heteroatoms. The molecular formula is C16H20N2OS. The molecule has 1 aliphatic rings. The molecule has 0 aromatic carbocycles. The lowest BCUT2D eigenvalue weighted by molar-refractivity contribution is 0.412. The minimum absolute atomic E-state index is 0.778. The number of methoxy groups -OCH3 is 1. The third-order valence-electron chi connectivity index (χ3n) is 3.62. The lowest BCUT2D eigenvalue weighted by atomic mass is 10.2. The normalized spacial score (nSPS) is 13.5. The molecule has 106 valence electrons. The SMILES string of the molecule is COc1cc(C)nc(CNCc2cc3c(s2)CCC3)c1. The number of nitrogens with one attached hydrogen (secondary N) is 1. The molecule has 0 bridgehead atoms. The number of fused-ring (bicyclic) bond motifs is 1. The number of pyridine rings is 1. The summed E-state index contributed by atoms with van der Waals surface area (Å²) in [5, 5.41) is 3.48. The molecule has 3 nitrogen and oxygen atoms in total. The fourth-order valence-electron chi connectivity index (χ4n) is 2.70. The van der Waals surface area contributed by atoms with Gasteiger partial charge in [0.25, 0.3) is 0 Å². The fourth-order valence-corrected chi connectivity index (χ4v) is 3.93. The van der Waals surface area contributed by atoms with Gasteiger partial charge in [0.15, 0.2) is 0 Å². The topological polar surface area (TPSA) is 34.1 Å². The van der Waals surface area contributed by atoms with E-state index in [2.05, 4.69) is 16.4 Å². The van der Waals surface area contributed by atoms with Crippen molar-refractivity contribution in [2.75, 3.05) is 7.11 Å². The molecule has 0 spiro atoms. The Balaban J connectivity index is 1.58. The average Bonchev–Trinajstić information content (AvgIpc) is 2.99. The van der Waals surface area contributed by atoms with Gasteiger partial charge in [-0.2, -0.15) is 0 Å². The smallest absolute Gasteiger partial charge is 0.122 e. The van der Waals surface area contributed by atoms with Gasteiger partial charge in [-0.25, -0.2) is 0 Å². The van der Waals surface area contributed by atoms with Crippen molar-refractivity contribution in [3.05, 3.63) is 44.9 Å². The second-order valence-electron chi connectivity index (χ2n) is 5.26. The van der Waals surface area contributed by atoms with E-state index in [1.165, 1.54) is 24.1 Å². The Morgan fingerprint density at radius 3 is 2.95 bits per heavy atom. The average molecular weight is 288 g/mol. The molecule has 0 radical (unpaired) electrons. The number of aromatic nitrogens is 1. The Morgan fingerprint density at radius 2 is 2.15 bits per heavy atom. The van der Waals surface area contributed by atoms with Gasteiger partial charge in [0.1, 0.15) is 5.75 Å². The van der Waals surface area contributed by atoms with Crippen molar-refractivity contribution < 1.29 is 4.74 Å². The summed E-state index contributed by atoms with van der Waals surface area (Å²) in [7, 11) is 1.69. The van der Waals surface area contributed by atoms with Crippen LogP contribution in [0, 0.1) is 6.92 Å². The van der Waals surface area contributed by atoms with Gasteiger partial charge in [-0.3, -0.25) is 4.98 Å². The maximum atomic E-state index is 5.28. The van der Waals surface area contributed by atoms with Crippen LogP contribution in [0.2, 0.25) is 0 Å². The molecule has 0 saturated heterocycles. The van der Waals surface area contributed by atoms with E-state index in [0.29, 0.717) is 0 Å². The molecule has 1 aliphatic carbocycles. The Bertz CT molecular complexity index is 585. The summed E-state index contributed by atoms with van der Waals surface area (Å²) in [6, 6.07) is 6.31. The van der Waals surface area contributed by atoms with Crippen LogP contribution in [0.4, 0.5) is 0 Å². The minimum Gasteiger partial charge on any atom is -0.497 e. The summed E-state index contributed by atoms with van der Waals surface area (Å²) in [6.45, 7) is 3.70. The van der Waals surface area contributed by atoms with Crippen molar-refractivity contribution in [1.29, 1.82) is 0 Å². The third kappa shape index (κ3) is 3.02. The first-order valence-electron chi connectivity index (χ1n) is 7.07. The third-order valence-corrected chi connectivity index (χ3v) is 4.86. The molecule has 2 aromatic heterocycles. The van der Waals surface area contributed by atoms with Gasteiger partial charge in [0.2, 0.25) is 0 Å². The van der Waals surface area contributed by atoms with E-state index < -0.39 is 0 Å². The molecule has 0 aliphatic heterocycles. The molecule has 20 heavy (non-hydrogen) atoms. The number of nitrogens with zero attached hydrogens (tertiary/aromatic N) is 1. The maximum absolute atomic E-state index is 5.28. The number of ether oxygens (including phenoxy) is 1. The predicted molar refractivity (Wildman–Crippen MR) is 82.4 cm³/mol. The van der Waals surface area contributed by atoms with E-state index >= 15 is 0 Å². The molecule has 0 unspecified atom stereocenters. The van der Waals surface area contributed by atoms with Crippen LogP contribution in [0.15, 0.2) is 18.2 Å². The molecule has 1 N–H and O–H groups in total. The van der Waals surface area contributed by atoms with Crippen LogP contribution in [0.3, 0.4) is 0 Å². The minimum atomic E-state index is 0.778.